The fourth-order valence-corrected chi connectivity index (χ4v) is 6.04. The largest absolute Gasteiger partial charge is 1.00 e. The number of carbonyl (C=O) groups is 2. The van der Waals surface area contributed by atoms with E-state index in [4.69, 9.17) is 9.47 Å². The lowest BCUT2D eigenvalue weighted by Gasteiger charge is -2.23. The first-order valence-corrected chi connectivity index (χ1v) is 17.7. The summed E-state index contributed by atoms with van der Waals surface area (Å²) >= 11 is 0. The van der Waals surface area contributed by atoms with E-state index in [1.165, 1.54) is 89.9 Å². The van der Waals surface area contributed by atoms with Crippen molar-refractivity contribution in [2.24, 2.45) is 5.92 Å². The van der Waals surface area contributed by atoms with E-state index >= 15 is 0 Å². The van der Waals surface area contributed by atoms with Gasteiger partial charge in [-0.1, -0.05) is 122 Å². The lowest BCUT2D eigenvalue weighted by atomic mass is 10.0. The van der Waals surface area contributed by atoms with E-state index in [-0.39, 0.29) is 35.7 Å². The van der Waals surface area contributed by atoms with Gasteiger partial charge in [0.2, 0.25) is 0 Å². The molecule has 0 spiro atoms. The Morgan fingerprint density at radius 2 is 1.28 bits per heavy atom. The summed E-state index contributed by atoms with van der Waals surface area (Å²) in [4.78, 5) is 24.8. The molecule has 1 amide bonds. The summed E-state index contributed by atoms with van der Waals surface area (Å²) in [6.07, 6.45) is 31.3. The molecule has 1 saturated carbocycles. The van der Waals surface area contributed by atoms with E-state index in [1.54, 1.807) is 0 Å². The number of halogens is 1. The highest BCUT2D eigenvalue weighted by Crippen LogP contribution is 2.30. The van der Waals surface area contributed by atoms with Crippen molar-refractivity contribution < 1.29 is 40.6 Å². The summed E-state index contributed by atoms with van der Waals surface area (Å²) in [7, 11) is 0. The number of nitrogens with one attached hydrogen (secondary N) is 1. The number of hydrogen-bond acceptors (Lipinski definition) is 4. The Kier molecular flexibility index (Phi) is 25.5. The number of amides is 1. The van der Waals surface area contributed by atoms with Gasteiger partial charge in [-0.25, -0.2) is 9.36 Å². The van der Waals surface area contributed by atoms with E-state index < -0.39 is 6.09 Å². The number of esters is 1. The number of unbranched alkanes of at least 4 members (excludes halogenated alkanes) is 16. The molecule has 1 aliphatic carbocycles. The maximum Gasteiger partial charge on any atom is 0.407 e. The van der Waals surface area contributed by atoms with Crippen molar-refractivity contribution in [3.05, 3.63) is 30.6 Å². The summed E-state index contributed by atoms with van der Waals surface area (Å²) in [5, 5.41) is 2.89. The Morgan fingerprint density at radius 1 is 0.744 bits per heavy atom. The molecular formula is C36H63BrN2O4. The molecule has 1 aromatic rings. The zero-order valence-electron chi connectivity index (χ0n) is 27.4. The van der Waals surface area contributed by atoms with Crippen LogP contribution >= 0.6 is 0 Å². The zero-order chi connectivity index (χ0) is 29.9. The lowest BCUT2D eigenvalue weighted by molar-refractivity contribution is -0.697. The van der Waals surface area contributed by atoms with Crippen molar-refractivity contribution in [1.82, 2.24) is 5.32 Å². The quantitative estimate of drug-likeness (QED) is 0.0722. The molecule has 1 fully saturated rings. The van der Waals surface area contributed by atoms with E-state index in [0.717, 1.165) is 57.9 Å². The molecule has 1 atom stereocenters. The topological polar surface area (TPSA) is 68.5 Å². The molecule has 0 bridgehead atoms. The molecule has 6 nitrogen and oxygen atoms in total. The minimum absolute atomic E-state index is 0. The lowest BCUT2D eigenvalue weighted by Crippen LogP contribution is -3.00. The smallest absolute Gasteiger partial charge is 0.407 e. The SMILES string of the molecule is CCCCCCCCCCCCCCCCCCNC(=O)OCC(OC(=O)CCCC[n+]1ccccc1)C1CCCC1.[Br-]. The third-order valence-electron chi connectivity index (χ3n) is 8.71. The van der Waals surface area contributed by atoms with Crippen LogP contribution in [-0.2, 0) is 20.8 Å². The molecule has 1 heterocycles. The highest BCUT2D eigenvalue weighted by atomic mass is 79.9. The van der Waals surface area contributed by atoms with E-state index in [0.29, 0.717) is 18.9 Å². The summed E-state index contributed by atoms with van der Waals surface area (Å²) in [6.45, 7) is 3.97. The number of ether oxygens (including phenoxy) is 2. The summed E-state index contributed by atoms with van der Waals surface area (Å²) in [5.41, 5.74) is 0. The molecule has 0 radical (unpaired) electrons. The van der Waals surface area contributed by atoms with Crippen LogP contribution in [0.5, 0.6) is 0 Å². The monoisotopic (exact) mass is 666 g/mol. The Labute approximate surface area is 274 Å². The van der Waals surface area contributed by atoms with Crippen molar-refractivity contribution in [1.29, 1.82) is 0 Å². The van der Waals surface area contributed by atoms with E-state index in [9.17, 15) is 9.59 Å². The fourth-order valence-electron chi connectivity index (χ4n) is 6.04. The van der Waals surface area contributed by atoms with Crippen molar-refractivity contribution in [2.75, 3.05) is 13.2 Å². The van der Waals surface area contributed by atoms with Crippen LogP contribution in [0.15, 0.2) is 30.6 Å². The first-order valence-electron chi connectivity index (χ1n) is 17.7. The number of alkyl carbamates (subject to hydrolysis) is 1. The van der Waals surface area contributed by atoms with Crippen LogP contribution in [0.4, 0.5) is 4.79 Å². The van der Waals surface area contributed by atoms with Gasteiger partial charge in [0.15, 0.2) is 12.4 Å². The number of aromatic nitrogens is 1. The highest BCUT2D eigenvalue weighted by molar-refractivity contribution is 5.69. The average Bonchev–Trinajstić information content (AvgIpc) is 3.55. The van der Waals surface area contributed by atoms with E-state index in [1.807, 2.05) is 30.6 Å². The molecule has 1 unspecified atom stereocenters. The predicted molar refractivity (Wildman–Crippen MR) is 171 cm³/mol. The zero-order valence-corrected chi connectivity index (χ0v) is 29.0. The number of carbonyl (C=O) groups excluding carboxylic acids is 2. The van der Waals surface area contributed by atoms with Gasteiger partial charge in [-0.15, -0.1) is 0 Å². The van der Waals surface area contributed by atoms with Crippen LogP contribution in [0.3, 0.4) is 0 Å². The van der Waals surface area contributed by atoms with Crippen molar-refractivity contribution in [2.45, 2.75) is 167 Å². The normalized spacial score (nSPS) is 13.8. The van der Waals surface area contributed by atoms with Gasteiger partial charge in [-0.3, -0.25) is 4.79 Å². The van der Waals surface area contributed by atoms with Gasteiger partial charge >= 0.3 is 12.1 Å². The van der Waals surface area contributed by atoms with Gasteiger partial charge in [-0.2, -0.15) is 0 Å². The number of rotatable bonds is 26. The molecular weight excluding hydrogens is 604 g/mol. The van der Waals surface area contributed by atoms with Crippen LogP contribution in [0.1, 0.15) is 155 Å². The Balaban J connectivity index is 0.00000924. The van der Waals surface area contributed by atoms with Gasteiger partial charge in [0.05, 0.1) is 0 Å². The van der Waals surface area contributed by atoms with Crippen molar-refractivity contribution in [3.63, 3.8) is 0 Å². The number of nitrogens with zero attached hydrogens (tertiary/aromatic N) is 1. The fraction of sp³-hybridized carbons (Fsp3) is 0.806. The maximum atomic E-state index is 12.5. The first kappa shape index (κ1) is 39.4. The van der Waals surface area contributed by atoms with Crippen LogP contribution in [0, 0.1) is 5.92 Å². The van der Waals surface area contributed by atoms with Crippen molar-refractivity contribution >= 4 is 12.1 Å². The molecule has 43 heavy (non-hydrogen) atoms. The maximum absolute atomic E-state index is 12.5. The second-order valence-electron chi connectivity index (χ2n) is 12.5. The number of hydrogen-bond donors (Lipinski definition) is 1. The molecule has 0 saturated heterocycles. The van der Waals surface area contributed by atoms with Crippen LogP contribution in [0.2, 0.25) is 0 Å². The Hall–Kier alpha value is -1.63. The molecule has 248 valence electrons. The molecule has 2 rings (SSSR count). The average molecular weight is 668 g/mol. The minimum atomic E-state index is -0.394. The summed E-state index contributed by atoms with van der Waals surface area (Å²) in [6, 6.07) is 6.02. The molecule has 0 aliphatic heterocycles. The van der Waals surface area contributed by atoms with Gasteiger partial charge in [0, 0.05) is 31.5 Å². The van der Waals surface area contributed by atoms with Crippen LogP contribution in [0.25, 0.3) is 0 Å². The Morgan fingerprint density at radius 3 is 1.84 bits per heavy atom. The third kappa shape index (κ3) is 21.7. The summed E-state index contributed by atoms with van der Waals surface area (Å²) < 4.78 is 13.4. The van der Waals surface area contributed by atoms with Crippen LogP contribution < -0.4 is 26.9 Å². The molecule has 1 aromatic heterocycles. The summed E-state index contributed by atoms with van der Waals surface area (Å²) in [5.74, 6) is 0.115. The first-order chi connectivity index (χ1) is 20.7. The molecule has 7 heteroatoms. The predicted octanol–water partition coefficient (Wildman–Crippen LogP) is 6.24. The second-order valence-corrected chi connectivity index (χ2v) is 12.5. The Bertz CT molecular complexity index is 789. The van der Waals surface area contributed by atoms with Gasteiger partial charge in [0.1, 0.15) is 19.3 Å². The number of aryl methyl sites for hydroxylation is 1. The molecule has 0 aromatic carbocycles. The van der Waals surface area contributed by atoms with Gasteiger partial charge in [0.25, 0.3) is 0 Å². The molecule has 1 aliphatic rings. The third-order valence-corrected chi connectivity index (χ3v) is 8.71. The van der Waals surface area contributed by atoms with Gasteiger partial charge in [-0.05, 0) is 31.6 Å². The van der Waals surface area contributed by atoms with Gasteiger partial charge < -0.3 is 31.8 Å². The molecule has 1 N–H and O–H groups in total. The van der Waals surface area contributed by atoms with Crippen LogP contribution in [-0.4, -0.2) is 31.3 Å². The number of pyridine rings is 1. The standard InChI is InChI=1S/C36H62N2O4.BrH/c1-2-3-4-5-6-7-8-9-10-11-12-13-14-15-16-21-28-37-36(40)41-32-34(33-25-18-19-26-33)42-35(39)27-20-24-31-38-29-22-17-23-30-38;/h17,22-23,29-30,33-34H,2-16,18-21,24-28,31-32H2,1H3;1H. The van der Waals surface area contributed by atoms with Crippen molar-refractivity contribution in [3.8, 4) is 0 Å². The highest BCUT2D eigenvalue weighted by Gasteiger charge is 2.29. The van der Waals surface area contributed by atoms with E-state index in [2.05, 4.69) is 16.8 Å². The second kappa shape index (κ2) is 27.9. The minimum Gasteiger partial charge on any atom is -1.00 e.